The Morgan fingerprint density at radius 2 is 1.86 bits per heavy atom. The van der Waals surface area contributed by atoms with Crippen molar-refractivity contribution in [3.05, 3.63) is 69.1 Å². The molecule has 1 aromatic carbocycles. The van der Waals surface area contributed by atoms with Gasteiger partial charge in [0.05, 0.1) is 17.0 Å². The Morgan fingerprint density at radius 3 is 2.52 bits per heavy atom. The minimum Gasteiger partial charge on any atom is -0.325 e. The first-order valence-electron chi connectivity index (χ1n) is 6.82. The number of ketones is 1. The number of Topliss-reactive ketones (excluding diaryl/α,β-unsaturated/α-hetero) is 1. The van der Waals surface area contributed by atoms with Crippen molar-refractivity contribution in [3.8, 4) is 6.07 Å². The fourth-order valence-electron chi connectivity index (χ4n) is 2.90. The molecule has 104 valence electrons. The first kappa shape index (κ1) is 13.3. The van der Waals surface area contributed by atoms with Gasteiger partial charge >= 0.3 is 0 Å². The van der Waals surface area contributed by atoms with Crippen molar-refractivity contribution >= 4 is 5.78 Å². The lowest BCUT2D eigenvalue weighted by Gasteiger charge is -2.33. The SMILES string of the molecule is CC1(c2ccc(C#N)cc2)CCc2[nH]c(=O)ccc2C1=O. The second kappa shape index (κ2) is 4.71. The zero-order valence-corrected chi connectivity index (χ0v) is 11.6. The van der Waals surface area contributed by atoms with Gasteiger partial charge in [-0.3, -0.25) is 9.59 Å². The van der Waals surface area contributed by atoms with Crippen molar-refractivity contribution in [2.45, 2.75) is 25.2 Å². The molecule has 0 fully saturated rings. The maximum Gasteiger partial charge on any atom is 0.248 e. The van der Waals surface area contributed by atoms with Crippen LogP contribution in [0.25, 0.3) is 0 Å². The van der Waals surface area contributed by atoms with Crippen molar-refractivity contribution in [2.24, 2.45) is 0 Å². The van der Waals surface area contributed by atoms with E-state index >= 15 is 0 Å². The number of nitrogens with zero attached hydrogens (tertiary/aromatic N) is 1. The van der Waals surface area contributed by atoms with Crippen LogP contribution in [-0.4, -0.2) is 10.8 Å². The highest BCUT2D eigenvalue weighted by Crippen LogP contribution is 2.37. The number of aromatic nitrogens is 1. The summed E-state index contributed by atoms with van der Waals surface area (Å²) < 4.78 is 0. The van der Waals surface area contributed by atoms with E-state index in [1.807, 2.05) is 19.1 Å². The van der Waals surface area contributed by atoms with Crippen molar-refractivity contribution in [1.82, 2.24) is 4.98 Å². The Balaban J connectivity index is 2.06. The lowest BCUT2D eigenvalue weighted by atomic mass is 9.69. The summed E-state index contributed by atoms with van der Waals surface area (Å²) in [6.07, 6.45) is 1.30. The molecule has 21 heavy (non-hydrogen) atoms. The highest BCUT2D eigenvalue weighted by atomic mass is 16.1. The summed E-state index contributed by atoms with van der Waals surface area (Å²) in [5.41, 5.74) is 2.01. The number of carbonyl (C=O) groups is 1. The fourth-order valence-corrected chi connectivity index (χ4v) is 2.90. The number of nitrogens with one attached hydrogen (secondary N) is 1. The van der Waals surface area contributed by atoms with Crippen LogP contribution < -0.4 is 5.56 Å². The summed E-state index contributed by atoms with van der Waals surface area (Å²) in [5, 5.41) is 8.86. The number of fused-ring (bicyclic) bond motifs is 1. The average Bonchev–Trinajstić information content (AvgIpc) is 2.51. The van der Waals surface area contributed by atoms with E-state index in [1.165, 1.54) is 6.07 Å². The Morgan fingerprint density at radius 1 is 1.14 bits per heavy atom. The summed E-state index contributed by atoms with van der Waals surface area (Å²) in [6.45, 7) is 1.92. The van der Waals surface area contributed by atoms with Gasteiger partial charge in [-0.25, -0.2) is 0 Å². The topological polar surface area (TPSA) is 73.7 Å². The van der Waals surface area contributed by atoms with E-state index in [-0.39, 0.29) is 11.3 Å². The molecule has 1 aliphatic rings. The molecule has 2 aromatic rings. The monoisotopic (exact) mass is 278 g/mol. The van der Waals surface area contributed by atoms with Gasteiger partial charge in [0.1, 0.15) is 0 Å². The highest BCUT2D eigenvalue weighted by molar-refractivity contribution is 6.05. The van der Waals surface area contributed by atoms with Crippen LogP contribution in [-0.2, 0) is 11.8 Å². The van der Waals surface area contributed by atoms with E-state index in [0.29, 0.717) is 24.0 Å². The quantitative estimate of drug-likeness (QED) is 0.870. The second-order valence-corrected chi connectivity index (χ2v) is 5.57. The van der Waals surface area contributed by atoms with Crippen molar-refractivity contribution in [2.75, 3.05) is 0 Å². The van der Waals surface area contributed by atoms with E-state index in [2.05, 4.69) is 11.1 Å². The molecule has 4 nitrogen and oxygen atoms in total. The number of rotatable bonds is 1. The van der Waals surface area contributed by atoms with Crippen molar-refractivity contribution in [3.63, 3.8) is 0 Å². The average molecular weight is 278 g/mol. The van der Waals surface area contributed by atoms with Crippen molar-refractivity contribution in [1.29, 1.82) is 5.26 Å². The van der Waals surface area contributed by atoms with Gasteiger partial charge in [-0.15, -0.1) is 0 Å². The summed E-state index contributed by atoms with van der Waals surface area (Å²) in [4.78, 5) is 26.9. The van der Waals surface area contributed by atoms with Gasteiger partial charge in [0, 0.05) is 17.3 Å². The van der Waals surface area contributed by atoms with Gasteiger partial charge in [0.2, 0.25) is 5.56 Å². The Kier molecular flexibility index (Phi) is 2.99. The Bertz CT molecular complexity index is 812. The minimum absolute atomic E-state index is 0.0182. The zero-order valence-electron chi connectivity index (χ0n) is 11.6. The predicted molar refractivity (Wildman–Crippen MR) is 78.2 cm³/mol. The smallest absolute Gasteiger partial charge is 0.248 e. The molecular weight excluding hydrogens is 264 g/mol. The first-order valence-corrected chi connectivity index (χ1v) is 6.82. The number of H-pyrrole nitrogens is 1. The normalized spacial score (nSPS) is 20.7. The molecule has 0 saturated carbocycles. The van der Waals surface area contributed by atoms with Gasteiger partial charge in [-0.2, -0.15) is 5.26 Å². The Labute approximate surface area is 122 Å². The van der Waals surface area contributed by atoms with Crippen LogP contribution in [0.5, 0.6) is 0 Å². The van der Waals surface area contributed by atoms with Crippen molar-refractivity contribution < 1.29 is 4.79 Å². The molecule has 1 aliphatic carbocycles. The standard InChI is InChI=1S/C17H14N2O2/c1-17(12-4-2-11(10-18)3-5-12)9-8-14-13(16(17)21)6-7-15(20)19-14/h2-7H,8-9H2,1H3,(H,19,20). The third kappa shape index (κ3) is 2.07. The van der Waals surface area contributed by atoms with Crippen LogP contribution in [0.3, 0.4) is 0 Å². The van der Waals surface area contributed by atoms with E-state index in [0.717, 1.165) is 11.3 Å². The van der Waals surface area contributed by atoms with Crippen LogP contribution in [0.15, 0.2) is 41.2 Å². The maximum atomic E-state index is 12.8. The number of hydrogen-bond acceptors (Lipinski definition) is 3. The molecular formula is C17H14N2O2. The molecule has 0 radical (unpaired) electrons. The highest BCUT2D eigenvalue weighted by Gasteiger charge is 2.40. The molecule has 0 amide bonds. The first-order chi connectivity index (χ1) is 10.0. The number of nitriles is 1. The van der Waals surface area contributed by atoms with Gasteiger partial charge < -0.3 is 4.98 Å². The van der Waals surface area contributed by atoms with Gasteiger partial charge in [0.25, 0.3) is 0 Å². The maximum absolute atomic E-state index is 12.8. The summed E-state index contributed by atoms with van der Waals surface area (Å²) in [6, 6.07) is 12.2. The molecule has 0 saturated heterocycles. The molecule has 1 unspecified atom stereocenters. The number of aryl methyl sites for hydroxylation is 1. The van der Waals surface area contributed by atoms with E-state index < -0.39 is 5.41 Å². The molecule has 1 atom stereocenters. The van der Waals surface area contributed by atoms with E-state index in [4.69, 9.17) is 5.26 Å². The molecule has 0 bridgehead atoms. The molecule has 0 spiro atoms. The number of hydrogen-bond donors (Lipinski definition) is 1. The predicted octanol–water partition coefficient (Wildman–Crippen LogP) is 2.33. The molecule has 3 rings (SSSR count). The summed E-state index contributed by atoms with van der Waals surface area (Å²) in [7, 11) is 0. The van der Waals surface area contributed by atoms with Gasteiger partial charge in [-0.05, 0) is 43.5 Å². The van der Waals surface area contributed by atoms with Crippen LogP contribution >= 0.6 is 0 Å². The largest absolute Gasteiger partial charge is 0.325 e. The zero-order chi connectivity index (χ0) is 15.0. The van der Waals surface area contributed by atoms with E-state index in [1.54, 1.807) is 18.2 Å². The van der Waals surface area contributed by atoms with Gasteiger partial charge in [0.15, 0.2) is 5.78 Å². The molecule has 0 aliphatic heterocycles. The fraction of sp³-hybridized carbons (Fsp3) is 0.235. The Hall–Kier alpha value is -2.67. The molecule has 1 N–H and O–H groups in total. The second-order valence-electron chi connectivity index (χ2n) is 5.57. The number of aromatic amines is 1. The third-order valence-corrected chi connectivity index (χ3v) is 4.27. The van der Waals surface area contributed by atoms with Crippen LogP contribution in [0.4, 0.5) is 0 Å². The number of benzene rings is 1. The van der Waals surface area contributed by atoms with Crippen LogP contribution in [0.1, 0.15) is 40.5 Å². The van der Waals surface area contributed by atoms with Crippen LogP contribution in [0.2, 0.25) is 0 Å². The summed E-state index contributed by atoms with van der Waals surface area (Å²) >= 11 is 0. The minimum atomic E-state index is -0.612. The molecule has 1 heterocycles. The summed E-state index contributed by atoms with van der Waals surface area (Å²) in [5.74, 6) is 0.0182. The number of pyridine rings is 1. The number of carbonyl (C=O) groups excluding carboxylic acids is 1. The van der Waals surface area contributed by atoms with Gasteiger partial charge in [-0.1, -0.05) is 12.1 Å². The van der Waals surface area contributed by atoms with E-state index in [9.17, 15) is 9.59 Å². The lowest BCUT2D eigenvalue weighted by molar-refractivity contribution is 0.0874. The molecule has 1 aromatic heterocycles. The van der Waals surface area contributed by atoms with Crippen LogP contribution in [0, 0.1) is 11.3 Å². The lowest BCUT2D eigenvalue weighted by Crippen LogP contribution is -2.38. The third-order valence-electron chi connectivity index (χ3n) is 4.27. The molecule has 4 heteroatoms.